The Hall–Kier alpha value is -4.11. The van der Waals surface area contributed by atoms with Crippen molar-refractivity contribution in [3.8, 4) is 22.8 Å². The van der Waals surface area contributed by atoms with E-state index in [-0.39, 0.29) is 11.7 Å². The van der Waals surface area contributed by atoms with Crippen LogP contribution in [0.1, 0.15) is 15.9 Å². The number of carbonyl (C=O) groups is 2. The Morgan fingerprint density at radius 3 is 2.38 bits per heavy atom. The molecule has 0 aliphatic rings. The average Bonchev–Trinajstić information content (AvgIpc) is 3.27. The van der Waals surface area contributed by atoms with E-state index in [2.05, 4.69) is 15.5 Å². The minimum atomic E-state index is -0.519. The summed E-state index contributed by atoms with van der Waals surface area (Å²) in [6.07, 6.45) is 0. The first-order chi connectivity index (χ1) is 16.5. The number of hydrogen-bond donors (Lipinski definition) is 2. The Bertz CT molecular complexity index is 1320. The number of carbonyl (C=O) groups excluding carboxylic acids is 2. The van der Waals surface area contributed by atoms with Gasteiger partial charge < -0.3 is 15.8 Å². The van der Waals surface area contributed by atoms with E-state index in [0.29, 0.717) is 28.0 Å². The number of ether oxygens (including phenoxy) is 1. The van der Waals surface area contributed by atoms with Gasteiger partial charge in [-0.05, 0) is 55.5 Å². The third-order valence-corrected chi connectivity index (χ3v) is 5.99. The quantitative estimate of drug-likeness (QED) is 0.373. The number of nitrogens with one attached hydrogen (secondary N) is 1. The van der Waals surface area contributed by atoms with Gasteiger partial charge in [0, 0.05) is 16.9 Å². The first-order valence-electron chi connectivity index (χ1n) is 10.4. The van der Waals surface area contributed by atoms with Gasteiger partial charge >= 0.3 is 0 Å². The zero-order valence-electron chi connectivity index (χ0n) is 18.7. The van der Waals surface area contributed by atoms with Gasteiger partial charge in [-0.1, -0.05) is 41.6 Å². The topological polar surface area (TPSA) is 112 Å². The van der Waals surface area contributed by atoms with Crippen molar-refractivity contribution in [1.82, 2.24) is 14.8 Å². The van der Waals surface area contributed by atoms with E-state index in [9.17, 15) is 9.59 Å². The molecule has 0 fully saturated rings. The number of nitrogens with zero attached hydrogens (tertiary/aromatic N) is 3. The molecule has 0 saturated carbocycles. The van der Waals surface area contributed by atoms with E-state index in [0.717, 1.165) is 16.8 Å². The van der Waals surface area contributed by atoms with Gasteiger partial charge in [-0.3, -0.25) is 14.2 Å². The molecule has 3 N–H and O–H groups in total. The molecule has 0 saturated heterocycles. The van der Waals surface area contributed by atoms with Crippen LogP contribution >= 0.6 is 11.8 Å². The van der Waals surface area contributed by atoms with Crippen molar-refractivity contribution in [1.29, 1.82) is 0 Å². The van der Waals surface area contributed by atoms with E-state index in [1.165, 1.54) is 11.8 Å². The number of nitrogens with two attached hydrogens (primary N) is 1. The number of methoxy groups -OCH3 is 1. The molecule has 9 heteroatoms. The molecule has 4 rings (SSSR count). The molecule has 0 spiro atoms. The number of rotatable bonds is 8. The third kappa shape index (κ3) is 5.10. The Kier molecular flexibility index (Phi) is 6.93. The Balaban J connectivity index is 1.59. The fraction of sp³-hybridized carbons (Fsp3) is 0.120. The van der Waals surface area contributed by atoms with Gasteiger partial charge in [0.05, 0.1) is 18.4 Å². The summed E-state index contributed by atoms with van der Waals surface area (Å²) in [7, 11) is 1.61. The van der Waals surface area contributed by atoms with Crippen molar-refractivity contribution in [2.24, 2.45) is 5.73 Å². The van der Waals surface area contributed by atoms with Gasteiger partial charge in [-0.2, -0.15) is 0 Å². The molecule has 0 unspecified atom stereocenters. The lowest BCUT2D eigenvalue weighted by Crippen LogP contribution is -2.15. The van der Waals surface area contributed by atoms with E-state index in [1.807, 2.05) is 60.0 Å². The molecule has 34 heavy (non-hydrogen) atoms. The van der Waals surface area contributed by atoms with Crippen LogP contribution in [0.15, 0.2) is 78.0 Å². The summed E-state index contributed by atoms with van der Waals surface area (Å²) in [6.45, 7) is 2.02. The SMILES string of the molecule is COc1ccccc1-c1nnc(SCC(=O)Nc2ccc(C(N)=O)cc2)n1-c1ccc(C)cc1. The summed E-state index contributed by atoms with van der Waals surface area (Å²) in [5.74, 6) is 0.681. The molecule has 8 nitrogen and oxygen atoms in total. The molecule has 0 aliphatic heterocycles. The first kappa shape index (κ1) is 23.1. The summed E-state index contributed by atoms with van der Waals surface area (Å²) < 4.78 is 7.44. The third-order valence-electron chi connectivity index (χ3n) is 5.06. The summed E-state index contributed by atoms with van der Waals surface area (Å²) in [4.78, 5) is 23.8. The highest BCUT2D eigenvalue weighted by Gasteiger charge is 2.19. The van der Waals surface area contributed by atoms with Crippen molar-refractivity contribution in [2.45, 2.75) is 12.1 Å². The van der Waals surface area contributed by atoms with E-state index < -0.39 is 5.91 Å². The number of anilines is 1. The lowest BCUT2D eigenvalue weighted by atomic mass is 10.1. The van der Waals surface area contributed by atoms with Crippen molar-refractivity contribution >= 4 is 29.3 Å². The molecule has 3 aromatic carbocycles. The van der Waals surface area contributed by atoms with Crippen LogP contribution in [0.4, 0.5) is 5.69 Å². The molecule has 1 aromatic heterocycles. The highest BCUT2D eigenvalue weighted by molar-refractivity contribution is 7.99. The lowest BCUT2D eigenvalue weighted by Gasteiger charge is -2.13. The number of primary amides is 1. The van der Waals surface area contributed by atoms with Crippen LogP contribution < -0.4 is 15.8 Å². The average molecular weight is 474 g/mol. The molecule has 0 radical (unpaired) electrons. The van der Waals surface area contributed by atoms with Gasteiger partial charge in [0.25, 0.3) is 0 Å². The van der Waals surface area contributed by atoms with Gasteiger partial charge in [0.1, 0.15) is 5.75 Å². The number of aromatic nitrogens is 3. The molecular weight excluding hydrogens is 450 g/mol. The maximum Gasteiger partial charge on any atom is 0.248 e. The molecule has 0 bridgehead atoms. The lowest BCUT2D eigenvalue weighted by molar-refractivity contribution is -0.113. The van der Waals surface area contributed by atoms with Gasteiger partial charge in [-0.25, -0.2) is 0 Å². The standard InChI is InChI=1S/C25H23N5O3S/c1-16-7-13-19(14-8-16)30-24(20-5-3-4-6-21(20)33-2)28-29-25(30)34-15-22(31)27-18-11-9-17(10-12-18)23(26)32/h3-14H,15H2,1-2H3,(H2,26,32)(H,27,31). The van der Waals surface area contributed by atoms with Crippen LogP contribution in [0.25, 0.3) is 17.1 Å². The molecular formula is C25H23N5O3S. The molecule has 0 aliphatic carbocycles. The summed E-state index contributed by atoms with van der Waals surface area (Å²) in [5.41, 5.74) is 9.01. The summed E-state index contributed by atoms with van der Waals surface area (Å²) in [6, 6.07) is 22.0. The van der Waals surface area contributed by atoms with Crippen molar-refractivity contribution in [2.75, 3.05) is 18.2 Å². The summed E-state index contributed by atoms with van der Waals surface area (Å²) in [5, 5.41) is 12.2. The summed E-state index contributed by atoms with van der Waals surface area (Å²) >= 11 is 1.27. The highest BCUT2D eigenvalue weighted by Crippen LogP contribution is 2.33. The van der Waals surface area contributed by atoms with Crippen molar-refractivity contribution in [3.05, 3.63) is 83.9 Å². The highest BCUT2D eigenvalue weighted by atomic mass is 32.2. The van der Waals surface area contributed by atoms with Crippen molar-refractivity contribution < 1.29 is 14.3 Å². The Morgan fingerprint density at radius 1 is 1.00 bits per heavy atom. The Morgan fingerprint density at radius 2 is 1.71 bits per heavy atom. The second kappa shape index (κ2) is 10.2. The van der Waals surface area contributed by atoms with Crippen LogP contribution in [0, 0.1) is 6.92 Å². The van der Waals surface area contributed by atoms with Gasteiger partial charge in [0.15, 0.2) is 11.0 Å². The second-order valence-corrected chi connectivity index (χ2v) is 8.40. The maximum absolute atomic E-state index is 12.6. The van der Waals surface area contributed by atoms with E-state index >= 15 is 0 Å². The number of benzene rings is 3. The van der Waals surface area contributed by atoms with E-state index in [4.69, 9.17) is 10.5 Å². The maximum atomic E-state index is 12.6. The van der Waals surface area contributed by atoms with Crippen LogP contribution in [0.5, 0.6) is 5.75 Å². The predicted molar refractivity (Wildman–Crippen MR) is 132 cm³/mol. The van der Waals surface area contributed by atoms with Crippen LogP contribution in [-0.2, 0) is 4.79 Å². The number of para-hydroxylation sites is 1. The zero-order valence-corrected chi connectivity index (χ0v) is 19.5. The first-order valence-corrected chi connectivity index (χ1v) is 11.4. The fourth-order valence-electron chi connectivity index (χ4n) is 3.34. The van der Waals surface area contributed by atoms with Gasteiger partial charge in [0.2, 0.25) is 11.8 Å². The minimum Gasteiger partial charge on any atom is -0.496 e. The van der Waals surface area contributed by atoms with Crippen LogP contribution in [0.2, 0.25) is 0 Å². The number of aryl methyl sites for hydroxylation is 1. The molecule has 2 amide bonds. The largest absolute Gasteiger partial charge is 0.496 e. The van der Waals surface area contributed by atoms with E-state index in [1.54, 1.807) is 31.4 Å². The number of amides is 2. The van der Waals surface area contributed by atoms with Crippen LogP contribution in [-0.4, -0.2) is 39.4 Å². The molecule has 172 valence electrons. The smallest absolute Gasteiger partial charge is 0.248 e. The van der Waals surface area contributed by atoms with Crippen molar-refractivity contribution in [3.63, 3.8) is 0 Å². The number of thioether (sulfide) groups is 1. The van der Waals surface area contributed by atoms with Crippen LogP contribution in [0.3, 0.4) is 0 Å². The predicted octanol–water partition coefficient (Wildman–Crippen LogP) is 4.08. The number of hydrogen-bond acceptors (Lipinski definition) is 6. The monoisotopic (exact) mass is 473 g/mol. The molecule has 0 atom stereocenters. The molecule has 1 heterocycles. The molecule has 4 aromatic rings. The fourth-order valence-corrected chi connectivity index (χ4v) is 4.09. The van der Waals surface area contributed by atoms with Gasteiger partial charge in [-0.15, -0.1) is 10.2 Å². The normalized spacial score (nSPS) is 10.6. The zero-order chi connectivity index (χ0) is 24.1. The second-order valence-electron chi connectivity index (χ2n) is 7.46. The minimum absolute atomic E-state index is 0.119. The Labute approximate surface area is 201 Å².